The molecular formula is C22H34N4O2. The van der Waals surface area contributed by atoms with E-state index in [-0.39, 0.29) is 6.03 Å². The zero-order valence-corrected chi connectivity index (χ0v) is 17.0. The van der Waals surface area contributed by atoms with Crippen molar-refractivity contribution in [2.24, 2.45) is 5.92 Å². The van der Waals surface area contributed by atoms with Gasteiger partial charge in [0, 0.05) is 65.4 Å². The number of urea groups is 1. The van der Waals surface area contributed by atoms with Gasteiger partial charge in [0.25, 0.3) is 0 Å². The van der Waals surface area contributed by atoms with Gasteiger partial charge in [0.2, 0.25) is 0 Å². The largest absolute Gasteiger partial charge is 0.378 e. The molecule has 6 nitrogen and oxygen atoms in total. The van der Waals surface area contributed by atoms with Gasteiger partial charge in [-0.05, 0) is 24.3 Å². The molecule has 1 aromatic carbocycles. The Kier molecular flexibility index (Phi) is 6.83. The Morgan fingerprint density at radius 2 is 1.43 bits per heavy atom. The van der Waals surface area contributed by atoms with Crippen molar-refractivity contribution in [2.75, 3.05) is 72.1 Å². The Hall–Kier alpha value is -1.63. The molecule has 4 rings (SSSR count). The lowest BCUT2D eigenvalue weighted by atomic mass is 9.96. The first-order chi connectivity index (χ1) is 13.8. The predicted molar refractivity (Wildman–Crippen MR) is 110 cm³/mol. The minimum Gasteiger partial charge on any atom is -0.378 e. The van der Waals surface area contributed by atoms with Gasteiger partial charge in [-0.3, -0.25) is 4.90 Å². The van der Waals surface area contributed by atoms with Crippen LogP contribution in [0.25, 0.3) is 0 Å². The lowest BCUT2D eigenvalue weighted by molar-refractivity contribution is 0.0382. The third-order valence-corrected chi connectivity index (χ3v) is 6.40. The molecule has 0 spiro atoms. The number of piperazine rings is 1. The minimum atomic E-state index is 0.219. The number of morpholine rings is 1. The fourth-order valence-electron chi connectivity index (χ4n) is 4.60. The van der Waals surface area contributed by atoms with Crippen LogP contribution < -0.4 is 0 Å². The first-order valence-electron chi connectivity index (χ1n) is 10.9. The van der Waals surface area contributed by atoms with Crippen molar-refractivity contribution in [3.05, 3.63) is 35.9 Å². The molecule has 3 aliphatic rings. The molecule has 3 fully saturated rings. The van der Waals surface area contributed by atoms with E-state index in [0.717, 1.165) is 64.6 Å². The van der Waals surface area contributed by atoms with E-state index in [1.54, 1.807) is 0 Å². The second-order valence-electron chi connectivity index (χ2n) is 8.37. The van der Waals surface area contributed by atoms with E-state index in [1.807, 2.05) is 4.90 Å². The first kappa shape index (κ1) is 19.7. The molecule has 154 valence electrons. The zero-order valence-electron chi connectivity index (χ0n) is 17.0. The van der Waals surface area contributed by atoms with Crippen molar-refractivity contribution in [1.82, 2.24) is 19.6 Å². The number of ether oxygens (including phenoxy) is 1. The molecule has 0 unspecified atom stereocenters. The molecule has 0 atom stereocenters. The van der Waals surface area contributed by atoms with E-state index in [4.69, 9.17) is 4.74 Å². The molecule has 6 heteroatoms. The van der Waals surface area contributed by atoms with E-state index in [0.29, 0.717) is 13.2 Å². The Morgan fingerprint density at radius 3 is 2.11 bits per heavy atom. The number of rotatable bonds is 4. The lowest BCUT2D eigenvalue weighted by Crippen LogP contribution is -2.52. The van der Waals surface area contributed by atoms with Crippen LogP contribution in [-0.2, 0) is 11.3 Å². The molecule has 0 bridgehead atoms. The Bertz CT molecular complexity index is 604. The Labute approximate surface area is 169 Å². The van der Waals surface area contributed by atoms with Gasteiger partial charge in [-0.15, -0.1) is 0 Å². The van der Waals surface area contributed by atoms with Gasteiger partial charge < -0.3 is 19.4 Å². The summed E-state index contributed by atoms with van der Waals surface area (Å²) in [6, 6.07) is 11.0. The van der Waals surface area contributed by atoms with E-state index < -0.39 is 0 Å². The van der Waals surface area contributed by atoms with Gasteiger partial charge >= 0.3 is 6.03 Å². The van der Waals surface area contributed by atoms with Crippen LogP contribution >= 0.6 is 0 Å². The maximum absolute atomic E-state index is 12.6. The molecule has 0 N–H and O–H groups in total. The summed E-state index contributed by atoms with van der Waals surface area (Å²) in [6.45, 7) is 11.6. The number of amides is 2. The number of nitrogens with zero attached hydrogens (tertiary/aromatic N) is 4. The van der Waals surface area contributed by atoms with Crippen LogP contribution in [0, 0.1) is 5.92 Å². The number of likely N-dealkylation sites (tertiary alicyclic amines) is 1. The van der Waals surface area contributed by atoms with Crippen LogP contribution in [0.4, 0.5) is 4.79 Å². The minimum absolute atomic E-state index is 0.219. The number of hydrogen-bond donors (Lipinski definition) is 0. The number of hydrogen-bond acceptors (Lipinski definition) is 4. The van der Waals surface area contributed by atoms with Crippen LogP contribution in [-0.4, -0.2) is 97.7 Å². The molecule has 0 radical (unpaired) electrons. The van der Waals surface area contributed by atoms with Gasteiger partial charge in [0.1, 0.15) is 0 Å². The molecule has 0 saturated carbocycles. The monoisotopic (exact) mass is 386 g/mol. The molecule has 3 heterocycles. The third-order valence-electron chi connectivity index (χ3n) is 6.40. The number of piperidine rings is 1. The van der Waals surface area contributed by atoms with Crippen molar-refractivity contribution in [2.45, 2.75) is 19.4 Å². The molecule has 3 saturated heterocycles. The molecule has 0 aromatic heterocycles. The summed E-state index contributed by atoms with van der Waals surface area (Å²) in [5.41, 5.74) is 1.41. The van der Waals surface area contributed by atoms with Gasteiger partial charge in [-0.25, -0.2) is 4.79 Å². The summed E-state index contributed by atoms with van der Waals surface area (Å²) in [5.74, 6) is 0.731. The van der Waals surface area contributed by atoms with Crippen LogP contribution in [0.3, 0.4) is 0 Å². The maximum atomic E-state index is 12.6. The molecule has 3 aliphatic heterocycles. The average Bonchev–Trinajstić information content (AvgIpc) is 2.76. The number of carbonyl (C=O) groups excluding carboxylic acids is 1. The summed E-state index contributed by atoms with van der Waals surface area (Å²) < 4.78 is 5.36. The maximum Gasteiger partial charge on any atom is 0.320 e. The fraction of sp³-hybridized carbons (Fsp3) is 0.682. The fourth-order valence-corrected chi connectivity index (χ4v) is 4.60. The smallest absolute Gasteiger partial charge is 0.320 e. The highest BCUT2D eigenvalue weighted by Crippen LogP contribution is 2.21. The Morgan fingerprint density at radius 1 is 0.821 bits per heavy atom. The van der Waals surface area contributed by atoms with E-state index in [1.165, 1.54) is 25.2 Å². The van der Waals surface area contributed by atoms with Crippen molar-refractivity contribution in [3.8, 4) is 0 Å². The van der Waals surface area contributed by atoms with Crippen molar-refractivity contribution < 1.29 is 9.53 Å². The SMILES string of the molecule is O=C(N1CCOCC1)N1CCC(CN2CCN(Cc3ccccc3)CC2)CC1. The summed E-state index contributed by atoms with van der Waals surface area (Å²) in [5, 5.41) is 0. The van der Waals surface area contributed by atoms with Crippen LogP contribution in [0.15, 0.2) is 30.3 Å². The topological polar surface area (TPSA) is 39.3 Å². The van der Waals surface area contributed by atoms with Gasteiger partial charge in [-0.2, -0.15) is 0 Å². The summed E-state index contributed by atoms with van der Waals surface area (Å²) >= 11 is 0. The highest BCUT2D eigenvalue weighted by molar-refractivity contribution is 5.74. The van der Waals surface area contributed by atoms with Crippen LogP contribution in [0.2, 0.25) is 0 Å². The van der Waals surface area contributed by atoms with Crippen molar-refractivity contribution in [3.63, 3.8) is 0 Å². The second-order valence-corrected chi connectivity index (χ2v) is 8.37. The van der Waals surface area contributed by atoms with E-state index >= 15 is 0 Å². The summed E-state index contributed by atoms with van der Waals surface area (Å²) in [6.07, 6.45) is 2.28. The quantitative estimate of drug-likeness (QED) is 0.793. The molecule has 2 amide bonds. The van der Waals surface area contributed by atoms with Crippen LogP contribution in [0.1, 0.15) is 18.4 Å². The van der Waals surface area contributed by atoms with Gasteiger partial charge in [0.15, 0.2) is 0 Å². The van der Waals surface area contributed by atoms with Crippen LogP contribution in [0.5, 0.6) is 0 Å². The van der Waals surface area contributed by atoms with Crippen molar-refractivity contribution in [1.29, 1.82) is 0 Å². The molecule has 1 aromatic rings. The number of carbonyl (C=O) groups is 1. The van der Waals surface area contributed by atoms with Crippen molar-refractivity contribution >= 4 is 6.03 Å². The van der Waals surface area contributed by atoms with E-state index in [2.05, 4.69) is 45.0 Å². The molecule has 28 heavy (non-hydrogen) atoms. The third kappa shape index (κ3) is 5.25. The predicted octanol–water partition coefficient (Wildman–Crippen LogP) is 1.97. The Balaban J connectivity index is 1.15. The highest BCUT2D eigenvalue weighted by Gasteiger charge is 2.28. The molecule has 0 aliphatic carbocycles. The van der Waals surface area contributed by atoms with Gasteiger partial charge in [-0.1, -0.05) is 30.3 Å². The summed E-state index contributed by atoms with van der Waals surface area (Å²) in [7, 11) is 0. The zero-order chi connectivity index (χ0) is 19.2. The lowest BCUT2D eigenvalue weighted by Gasteiger charge is -2.40. The van der Waals surface area contributed by atoms with E-state index in [9.17, 15) is 4.79 Å². The number of benzene rings is 1. The average molecular weight is 387 g/mol. The molecular weight excluding hydrogens is 352 g/mol. The first-order valence-corrected chi connectivity index (χ1v) is 10.9. The highest BCUT2D eigenvalue weighted by atomic mass is 16.5. The second kappa shape index (κ2) is 9.72. The van der Waals surface area contributed by atoms with Gasteiger partial charge in [0.05, 0.1) is 13.2 Å². The normalized spacial score (nSPS) is 23.1. The summed E-state index contributed by atoms with van der Waals surface area (Å²) in [4.78, 5) is 21.8. The standard InChI is InChI=1S/C22H34N4O2/c27-22(26-14-16-28-17-15-26)25-8-6-21(7-9-25)19-24-12-10-23(11-13-24)18-20-4-2-1-3-5-20/h1-5,21H,6-19H2.